The number of hydrogen-bond donors (Lipinski definition) is 2. The first-order valence-corrected chi connectivity index (χ1v) is 7.90. The Morgan fingerprint density at radius 2 is 2.00 bits per heavy atom. The second-order valence-electron chi connectivity index (χ2n) is 6.55. The van der Waals surface area contributed by atoms with E-state index in [0.717, 1.165) is 35.6 Å². The predicted molar refractivity (Wildman–Crippen MR) is 94.5 cm³/mol. The molecule has 1 aromatic rings. The molecular formula is C18H25N3O2. The topological polar surface area (TPSA) is 76.7 Å². The van der Waals surface area contributed by atoms with Crippen molar-refractivity contribution in [3.8, 4) is 0 Å². The molecule has 0 aromatic heterocycles. The van der Waals surface area contributed by atoms with Gasteiger partial charge in [0.15, 0.2) is 0 Å². The highest BCUT2D eigenvalue weighted by Crippen LogP contribution is 2.34. The number of carbonyl (C=O) groups is 1. The number of nitrogens with one attached hydrogen (secondary N) is 1. The standard InChI is InChI=1S/C18H25N3O2/c1-4-23-17(22)12-20-15-9-16(11-18(2,3)10-15)21-14-7-5-13(19)6-8-14/h5-9,21H,4,10-12,19H2,1-3H3. The molecule has 1 aromatic carbocycles. The van der Waals surface area contributed by atoms with Gasteiger partial charge in [-0.25, -0.2) is 0 Å². The fourth-order valence-electron chi connectivity index (χ4n) is 2.68. The SMILES string of the molecule is CCOC(=O)CN=C1C=C(Nc2ccc(N)cc2)CC(C)(C)C1. The molecule has 0 fully saturated rings. The van der Waals surface area contributed by atoms with Crippen molar-refractivity contribution in [1.29, 1.82) is 0 Å². The Morgan fingerprint density at radius 3 is 2.65 bits per heavy atom. The van der Waals surface area contributed by atoms with Gasteiger partial charge in [-0.2, -0.15) is 0 Å². The van der Waals surface area contributed by atoms with E-state index in [9.17, 15) is 4.79 Å². The van der Waals surface area contributed by atoms with Crippen LogP contribution < -0.4 is 11.1 Å². The van der Waals surface area contributed by atoms with Gasteiger partial charge < -0.3 is 15.8 Å². The lowest BCUT2D eigenvalue weighted by Crippen LogP contribution is -2.25. The number of carbonyl (C=O) groups excluding carboxylic acids is 1. The highest BCUT2D eigenvalue weighted by molar-refractivity contribution is 5.98. The van der Waals surface area contributed by atoms with Crippen molar-refractivity contribution in [2.75, 3.05) is 24.2 Å². The molecule has 0 saturated heterocycles. The number of ether oxygens (including phenoxy) is 1. The van der Waals surface area contributed by atoms with Crippen molar-refractivity contribution in [3.63, 3.8) is 0 Å². The van der Waals surface area contributed by atoms with Crippen molar-refractivity contribution in [1.82, 2.24) is 0 Å². The third-order valence-electron chi connectivity index (χ3n) is 3.60. The summed E-state index contributed by atoms with van der Waals surface area (Å²) < 4.78 is 4.92. The highest BCUT2D eigenvalue weighted by Gasteiger charge is 2.26. The Balaban J connectivity index is 2.12. The molecule has 0 heterocycles. The molecule has 2 rings (SSSR count). The van der Waals surface area contributed by atoms with Crippen molar-refractivity contribution in [2.45, 2.75) is 33.6 Å². The molecular weight excluding hydrogens is 290 g/mol. The summed E-state index contributed by atoms with van der Waals surface area (Å²) in [5, 5.41) is 3.42. The van der Waals surface area contributed by atoms with Crippen LogP contribution in [0.4, 0.5) is 11.4 Å². The van der Waals surface area contributed by atoms with Crippen molar-refractivity contribution < 1.29 is 9.53 Å². The minimum Gasteiger partial charge on any atom is -0.465 e. The second kappa shape index (κ2) is 7.31. The third-order valence-corrected chi connectivity index (χ3v) is 3.60. The summed E-state index contributed by atoms with van der Waals surface area (Å²) in [5.74, 6) is -0.287. The van der Waals surface area contributed by atoms with Crippen LogP contribution in [0.2, 0.25) is 0 Å². The minimum absolute atomic E-state index is 0.0743. The van der Waals surface area contributed by atoms with E-state index in [1.807, 2.05) is 30.3 Å². The number of anilines is 2. The Bertz CT molecular complexity index is 616. The van der Waals surface area contributed by atoms with Crippen molar-refractivity contribution in [3.05, 3.63) is 36.0 Å². The van der Waals surface area contributed by atoms with E-state index in [0.29, 0.717) is 6.61 Å². The molecule has 1 aliphatic rings. The van der Waals surface area contributed by atoms with E-state index in [1.165, 1.54) is 0 Å². The molecule has 1 aliphatic carbocycles. The molecule has 0 atom stereocenters. The maximum atomic E-state index is 11.5. The largest absolute Gasteiger partial charge is 0.465 e. The van der Waals surface area contributed by atoms with E-state index in [1.54, 1.807) is 6.92 Å². The van der Waals surface area contributed by atoms with Crippen LogP contribution in [0.5, 0.6) is 0 Å². The van der Waals surface area contributed by atoms with Gasteiger partial charge in [0.25, 0.3) is 0 Å². The Morgan fingerprint density at radius 1 is 1.30 bits per heavy atom. The van der Waals surface area contributed by atoms with Crippen molar-refractivity contribution in [2.24, 2.45) is 10.4 Å². The molecule has 23 heavy (non-hydrogen) atoms. The van der Waals surface area contributed by atoms with E-state index < -0.39 is 0 Å². The summed E-state index contributed by atoms with van der Waals surface area (Å²) in [6.45, 7) is 6.65. The fourth-order valence-corrected chi connectivity index (χ4v) is 2.68. The van der Waals surface area contributed by atoms with Crippen LogP contribution >= 0.6 is 0 Å². The molecule has 0 aliphatic heterocycles. The van der Waals surface area contributed by atoms with Crippen LogP contribution in [0.3, 0.4) is 0 Å². The first kappa shape index (κ1) is 17.1. The van der Waals surface area contributed by atoms with Gasteiger partial charge in [-0.1, -0.05) is 13.8 Å². The average Bonchev–Trinajstić information content (AvgIpc) is 2.46. The van der Waals surface area contributed by atoms with E-state index in [-0.39, 0.29) is 17.9 Å². The van der Waals surface area contributed by atoms with Gasteiger partial charge in [-0.3, -0.25) is 9.79 Å². The molecule has 0 saturated carbocycles. The first-order valence-electron chi connectivity index (χ1n) is 7.90. The molecule has 5 heteroatoms. The van der Waals surface area contributed by atoms with Crippen molar-refractivity contribution >= 4 is 23.1 Å². The smallest absolute Gasteiger partial charge is 0.327 e. The second-order valence-corrected chi connectivity index (χ2v) is 6.55. The zero-order chi connectivity index (χ0) is 16.9. The number of benzene rings is 1. The molecule has 0 bridgehead atoms. The summed E-state index contributed by atoms with van der Waals surface area (Å²) in [7, 11) is 0. The molecule has 5 nitrogen and oxygen atoms in total. The number of nitrogens with two attached hydrogens (primary N) is 1. The van der Waals surface area contributed by atoms with E-state index >= 15 is 0 Å². The first-order chi connectivity index (χ1) is 10.9. The number of aliphatic imine (C=N–C) groups is 1. The molecule has 0 unspecified atom stereocenters. The number of nitrogen functional groups attached to an aromatic ring is 1. The van der Waals surface area contributed by atoms with Gasteiger partial charge in [0, 0.05) is 22.8 Å². The van der Waals surface area contributed by atoms with E-state index in [2.05, 4.69) is 24.2 Å². The monoisotopic (exact) mass is 315 g/mol. The number of hydrogen-bond acceptors (Lipinski definition) is 5. The third kappa shape index (κ3) is 5.43. The maximum Gasteiger partial charge on any atom is 0.327 e. The lowest BCUT2D eigenvalue weighted by molar-refractivity contribution is -0.141. The lowest BCUT2D eigenvalue weighted by atomic mass is 9.78. The lowest BCUT2D eigenvalue weighted by Gasteiger charge is -2.31. The van der Waals surface area contributed by atoms with Crippen LogP contribution in [0, 0.1) is 5.41 Å². The van der Waals surface area contributed by atoms with Crippen LogP contribution in [0.15, 0.2) is 41.0 Å². The van der Waals surface area contributed by atoms with Crippen LogP contribution in [-0.4, -0.2) is 24.8 Å². The molecule has 3 N–H and O–H groups in total. The number of esters is 1. The van der Waals surface area contributed by atoms with Crippen LogP contribution in [0.25, 0.3) is 0 Å². The quantitative estimate of drug-likeness (QED) is 0.645. The van der Waals surface area contributed by atoms with Gasteiger partial charge in [-0.15, -0.1) is 0 Å². The molecule has 0 spiro atoms. The van der Waals surface area contributed by atoms with Gasteiger partial charge in [0.05, 0.1) is 6.61 Å². The van der Waals surface area contributed by atoms with Gasteiger partial charge >= 0.3 is 5.97 Å². The Hall–Kier alpha value is -2.30. The highest BCUT2D eigenvalue weighted by atomic mass is 16.5. The minimum atomic E-state index is -0.287. The van der Waals surface area contributed by atoms with E-state index in [4.69, 9.17) is 10.5 Å². The average molecular weight is 315 g/mol. The summed E-state index contributed by atoms with van der Waals surface area (Å²) >= 11 is 0. The number of rotatable bonds is 5. The number of allylic oxidation sites excluding steroid dienone is 2. The van der Waals surface area contributed by atoms with Gasteiger partial charge in [0.1, 0.15) is 6.54 Å². The normalized spacial score (nSPS) is 18.4. The van der Waals surface area contributed by atoms with Gasteiger partial charge in [-0.05, 0) is 55.5 Å². The summed E-state index contributed by atoms with van der Waals surface area (Å²) in [5.41, 5.74) is 9.56. The Kier molecular flexibility index (Phi) is 5.42. The molecule has 0 radical (unpaired) electrons. The number of nitrogens with zero attached hydrogens (tertiary/aromatic N) is 1. The fraction of sp³-hybridized carbons (Fsp3) is 0.444. The summed E-state index contributed by atoms with van der Waals surface area (Å²) in [6.07, 6.45) is 3.80. The Labute approximate surface area is 137 Å². The van der Waals surface area contributed by atoms with Gasteiger partial charge in [0.2, 0.25) is 0 Å². The molecule has 124 valence electrons. The zero-order valence-corrected chi connectivity index (χ0v) is 14.1. The van der Waals surface area contributed by atoms with Crippen LogP contribution in [-0.2, 0) is 9.53 Å². The summed E-state index contributed by atoms with van der Waals surface area (Å²) in [4.78, 5) is 15.9. The molecule has 0 amide bonds. The summed E-state index contributed by atoms with van der Waals surface area (Å²) in [6, 6.07) is 7.64. The van der Waals surface area contributed by atoms with Crippen LogP contribution in [0.1, 0.15) is 33.6 Å². The predicted octanol–water partition coefficient (Wildman–Crippen LogP) is 3.39. The maximum absolute atomic E-state index is 11.5. The zero-order valence-electron chi connectivity index (χ0n) is 14.1.